The zero-order chi connectivity index (χ0) is 21.2. The van der Waals surface area contributed by atoms with Gasteiger partial charge in [0.15, 0.2) is 14.1 Å². The number of fused-ring (bicyclic) bond motifs is 5. The molecule has 2 unspecified atom stereocenters. The molecule has 0 aromatic carbocycles. The fourth-order valence-electron chi connectivity index (χ4n) is 7.30. The summed E-state index contributed by atoms with van der Waals surface area (Å²) in [7, 11) is -1.73. The van der Waals surface area contributed by atoms with Crippen LogP contribution in [0.15, 0.2) is 11.6 Å². The lowest BCUT2D eigenvalue weighted by molar-refractivity contribution is -0.120. The molecule has 0 spiro atoms. The Hall–Kier alpha value is -0.413. The average Bonchev–Trinajstić information content (AvgIpc) is 2.96. The first-order valence-corrected chi connectivity index (χ1v) is 15.3. The zero-order valence-corrected chi connectivity index (χ0v) is 21.0. The van der Waals surface area contributed by atoms with Crippen LogP contribution in [0.4, 0.5) is 0 Å². The van der Waals surface area contributed by atoms with E-state index in [0.29, 0.717) is 23.2 Å². The molecule has 0 N–H and O–H groups in total. The molecule has 0 aromatic heterocycles. The first-order chi connectivity index (χ1) is 13.5. The number of carbonyl (C=O) groups is 1. The van der Waals surface area contributed by atoms with E-state index in [9.17, 15) is 4.79 Å². The maximum Gasteiger partial charge on any atom is 0.192 e. The maximum absolute atomic E-state index is 12.4. The molecule has 29 heavy (non-hydrogen) atoms. The van der Waals surface area contributed by atoms with Crippen molar-refractivity contribution >= 4 is 14.1 Å². The molecule has 3 saturated carbocycles. The molecule has 0 aliphatic heterocycles. The van der Waals surface area contributed by atoms with Crippen LogP contribution in [0.2, 0.25) is 18.1 Å². The first-order valence-electron chi connectivity index (χ1n) is 12.4. The van der Waals surface area contributed by atoms with Crippen LogP contribution in [0, 0.1) is 35.0 Å². The molecule has 3 fully saturated rings. The van der Waals surface area contributed by atoms with E-state index < -0.39 is 8.32 Å². The van der Waals surface area contributed by atoms with Crippen molar-refractivity contribution < 1.29 is 9.22 Å². The van der Waals surface area contributed by atoms with Crippen molar-refractivity contribution in [2.45, 2.75) is 110 Å². The van der Waals surface area contributed by atoms with E-state index >= 15 is 0 Å². The molecule has 0 saturated heterocycles. The Morgan fingerprint density at radius 1 is 1.14 bits per heavy atom. The van der Waals surface area contributed by atoms with Gasteiger partial charge in [0.2, 0.25) is 0 Å². The molecule has 4 aliphatic carbocycles. The maximum atomic E-state index is 12.4. The molecule has 0 bridgehead atoms. The van der Waals surface area contributed by atoms with Gasteiger partial charge in [0, 0.05) is 5.92 Å². The molecule has 0 aromatic rings. The minimum atomic E-state index is -1.73. The van der Waals surface area contributed by atoms with E-state index in [0.717, 1.165) is 30.6 Å². The van der Waals surface area contributed by atoms with Crippen molar-refractivity contribution in [1.29, 1.82) is 0 Å². The number of allylic oxidation sites excluding steroid dienone is 1. The van der Waals surface area contributed by atoms with Crippen LogP contribution >= 0.6 is 0 Å². The smallest absolute Gasteiger partial charge is 0.192 e. The molecular formula is C26H44O2Si. The van der Waals surface area contributed by atoms with E-state index in [2.05, 4.69) is 53.8 Å². The highest BCUT2D eigenvalue weighted by atomic mass is 28.4. The summed E-state index contributed by atoms with van der Waals surface area (Å²) in [5.41, 5.74) is 1.88. The number of hydrogen-bond donors (Lipinski definition) is 0. The second-order valence-electron chi connectivity index (χ2n) is 12.5. The highest BCUT2D eigenvalue weighted by molar-refractivity contribution is 6.74. The topological polar surface area (TPSA) is 26.3 Å². The Morgan fingerprint density at radius 3 is 2.52 bits per heavy atom. The third-order valence-corrected chi connectivity index (χ3v) is 14.7. The lowest BCUT2D eigenvalue weighted by Gasteiger charge is -2.55. The highest BCUT2D eigenvalue weighted by Crippen LogP contribution is 2.63. The molecule has 3 heteroatoms. The molecule has 4 aliphatic rings. The van der Waals surface area contributed by atoms with Gasteiger partial charge in [0.25, 0.3) is 0 Å². The lowest BCUT2D eigenvalue weighted by atomic mass is 9.51. The third-order valence-electron chi connectivity index (χ3n) is 10.2. The summed E-state index contributed by atoms with van der Waals surface area (Å²) in [5.74, 6) is 3.91. The highest BCUT2D eigenvalue weighted by Gasteiger charge is 2.58. The Kier molecular flexibility index (Phi) is 5.51. The van der Waals surface area contributed by atoms with Gasteiger partial charge in [0.05, 0.1) is 6.10 Å². The summed E-state index contributed by atoms with van der Waals surface area (Å²) >= 11 is 0. The summed E-state index contributed by atoms with van der Waals surface area (Å²) in [6, 6.07) is 0. The second kappa shape index (κ2) is 7.33. The van der Waals surface area contributed by atoms with Crippen LogP contribution < -0.4 is 0 Å². The predicted octanol–water partition coefficient (Wildman–Crippen LogP) is 7.15. The van der Waals surface area contributed by atoms with Gasteiger partial charge in [0.1, 0.15) is 0 Å². The molecular weight excluding hydrogens is 372 g/mol. The van der Waals surface area contributed by atoms with E-state index in [1.54, 1.807) is 0 Å². The van der Waals surface area contributed by atoms with E-state index in [4.69, 9.17) is 4.43 Å². The van der Waals surface area contributed by atoms with Gasteiger partial charge < -0.3 is 4.43 Å². The van der Waals surface area contributed by atoms with Crippen molar-refractivity contribution in [3.8, 4) is 0 Å². The Bertz CT molecular complexity index is 687. The summed E-state index contributed by atoms with van der Waals surface area (Å²) in [5, 5.41) is 0.285. The van der Waals surface area contributed by atoms with Gasteiger partial charge in [-0.2, -0.15) is 0 Å². The van der Waals surface area contributed by atoms with Gasteiger partial charge in [-0.15, -0.1) is 0 Å². The van der Waals surface area contributed by atoms with Gasteiger partial charge >= 0.3 is 0 Å². The van der Waals surface area contributed by atoms with Crippen LogP contribution in [0.25, 0.3) is 0 Å². The van der Waals surface area contributed by atoms with Crippen LogP contribution in [-0.4, -0.2) is 20.2 Å². The monoisotopic (exact) mass is 416 g/mol. The van der Waals surface area contributed by atoms with Crippen molar-refractivity contribution in [3.05, 3.63) is 11.6 Å². The fourth-order valence-corrected chi connectivity index (χ4v) is 8.75. The zero-order valence-electron chi connectivity index (χ0n) is 20.0. The standard InChI is InChI=1S/C26H44O2Si/c1-8-17-15-21-18(16-23(17)27)9-10-20-19(21)13-14-26(5)22(20)11-12-24(26)28-29(6,7)25(2,3)4/h16-17,19-22,24H,8-15H2,1-7H3/t17?,19-,20+,21-,22-,24?,26-/m0/s1. The van der Waals surface area contributed by atoms with Gasteiger partial charge in [-0.25, -0.2) is 0 Å². The SMILES string of the molecule is CCC1C[C@H]2C(=CC1=O)CC[C@@H]1[C@@H]2CC[C@]2(C)C(O[Si](C)(C)C(C)(C)C)CC[C@@H]12. The number of hydrogen-bond acceptors (Lipinski definition) is 2. The number of ketones is 1. The average molecular weight is 417 g/mol. The summed E-state index contributed by atoms with van der Waals surface area (Å²) in [4.78, 5) is 12.4. The Morgan fingerprint density at radius 2 is 1.86 bits per heavy atom. The van der Waals surface area contributed by atoms with Crippen LogP contribution in [0.1, 0.15) is 86.0 Å². The van der Waals surface area contributed by atoms with Crippen molar-refractivity contribution in [3.63, 3.8) is 0 Å². The molecule has 2 nitrogen and oxygen atoms in total. The van der Waals surface area contributed by atoms with Crippen LogP contribution in [0.3, 0.4) is 0 Å². The molecule has 0 amide bonds. The Labute approximate surface area is 180 Å². The third kappa shape index (κ3) is 3.52. The predicted molar refractivity (Wildman–Crippen MR) is 123 cm³/mol. The quantitative estimate of drug-likeness (QED) is 0.456. The van der Waals surface area contributed by atoms with Crippen LogP contribution in [-0.2, 0) is 9.22 Å². The fraction of sp³-hybridized carbons (Fsp3) is 0.885. The van der Waals surface area contributed by atoms with Crippen LogP contribution in [0.5, 0.6) is 0 Å². The van der Waals surface area contributed by atoms with Gasteiger partial charge in [-0.3, -0.25) is 4.79 Å². The molecule has 0 radical (unpaired) electrons. The second-order valence-corrected chi connectivity index (χ2v) is 17.3. The van der Waals surface area contributed by atoms with Gasteiger partial charge in [-0.1, -0.05) is 40.2 Å². The number of carbonyl (C=O) groups excluding carboxylic acids is 1. The summed E-state index contributed by atoms with van der Waals surface area (Å²) in [6.07, 6.45) is 12.5. The lowest BCUT2D eigenvalue weighted by Crippen LogP contribution is -2.52. The van der Waals surface area contributed by atoms with Crippen molar-refractivity contribution in [2.75, 3.05) is 0 Å². The van der Waals surface area contributed by atoms with Crippen molar-refractivity contribution in [1.82, 2.24) is 0 Å². The minimum absolute atomic E-state index is 0.285. The number of rotatable bonds is 3. The largest absolute Gasteiger partial charge is 0.413 e. The summed E-state index contributed by atoms with van der Waals surface area (Å²) in [6.45, 7) is 16.7. The van der Waals surface area contributed by atoms with Crippen molar-refractivity contribution in [2.24, 2.45) is 35.0 Å². The van der Waals surface area contributed by atoms with E-state index in [1.807, 2.05) is 0 Å². The molecule has 0 heterocycles. The summed E-state index contributed by atoms with van der Waals surface area (Å²) < 4.78 is 7.05. The van der Waals surface area contributed by atoms with E-state index in [1.165, 1.54) is 44.1 Å². The molecule has 4 rings (SSSR count). The minimum Gasteiger partial charge on any atom is -0.413 e. The molecule has 7 atom stereocenters. The normalized spacial score (nSPS) is 42.7. The van der Waals surface area contributed by atoms with E-state index in [-0.39, 0.29) is 11.0 Å². The Balaban J connectivity index is 1.54. The first kappa shape index (κ1) is 21.8. The molecule has 164 valence electrons. The van der Waals surface area contributed by atoms with Gasteiger partial charge in [-0.05, 0) is 105 Å².